The van der Waals surface area contributed by atoms with Crippen molar-refractivity contribution in [3.05, 3.63) is 93.8 Å². The summed E-state index contributed by atoms with van der Waals surface area (Å²) in [6.45, 7) is 1.71. The molecule has 0 heterocycles. The molecule has 0 aliphatic carbocycles. The Bertz CT molecular complexity index is 1180. The van der Waals surface area contributed by atoms with Crippen LogP contribution in [0.2, 0.25) is 5.02 Å². The Morgan fingerprint density at radius 2 is 1.58 bits per heavy atom. The van der Waals surface area contributed by atoms with Crippen LogP contribution in [0.15, 0.2) is 60.7 Å². The molecule has 0 aliphatic heterocycles. The minimum atomic E-state index is -0.770. The number of carbonyl (C=O) groups is 3. The average molecular weight is 442 g/mol. The van der Waals surface area contributed by atoms with Crippen molar-refractivity contribution in [1.29, 1.82) is 0 Å². The van der Waals surface area contributed by atoms with Gasteiger partial charge in [0.15, 0.2) is 0 Å². The Morgan fingerprint density at radius 3 is 2.32 bits per heavy atom. The highest BCUT2D eigenvalue weighted by atomic mass is 35.5. The van der Waals surface area contributed by atoms with Crippen molar-refractivity contribution in [2.75, 3.05) is 5.32 Å². The lowest BCUT2D eigenvalue weighted by Gasteiger charge is -2.12. The Balaban J connectivity index is 1.71. The summed E-state index contributed by atoms with van der Waals surface area (Å²) < 4.78 is 13.8. The largest absolute Gasteiger partial charge is 0.507 e. The normalized spacial score (nSPS) is 10.3. The summed E-state index contributed by atoms with van der Waals surface area (Å²) >= 11 is 5.81. The van der Waals surface area contributed by atoms with Crippen LogP contribution in [0.5, 0.6) is 5.75 Å². The van der Waals surface area contributed by atoms with Crippen LogP contribution in [0, 0.1) is 12.7 Å². The van der Waals surface area contributed by atoms with Crippen molar-refractivity contribution in [2.45, 2.75) is 6.92 Å². The number of anilines is 1. The maximum atomic E-state index is 13.8. The topological polar surface area (TPSA) is 108 Å². The highest BCUT2D eigenvalue weighted by Gasteiger charge is 2.16. The summed E-state index contributed by atoms with van der Waals surface area (Å²) in [5, 5.41) is 12.6. The average Bonchev–Trinajstić information content (AvgIpc) is 2.75. The summed E-state index contributed by atoms with van der Waals surface area (Å²) in [6, 6.07) is 13.9. The number of phenols is 1. The molecule has 4 N–H and O–H groups in total. The Hall–Kier alpha value is -3.91. The number of carbonyl (C=O) groups excluding carboxylic acids is 3. The smallest absolute Gasteiger partial charge is 0.273 e. The number of nitrogens with one attached hydrogen (secondary N) is 3. The van der Waals surface area contributed by atoms with E-state index in [1.54, 1.807) is 13.0 Å². The minimum Gasteiger partial charge on any atom is -0.507 e. The number of hydrogen-bond donors (Lipinski definition) is 4. The number of halogens is 2. The molecule has 0 saturated carbocycles. The number of aromatic hydroxyl groups is 1. The van der Waals surface area contributed by atoms with Gasteiger partial charge in [0.25, 0.3) is 17.7 Å². The van der Waals surface area contributed by atoms with E-state index >= 15 is 0 Å². The van der Waals surface area contributed by atoms with E-state index in [2.05, 4.69) is 16.2 Å². The molecule has 158 valence electrons. The van der Waals surface area contributed by atoms with E-state index in [1.165, 1.54) is 54.6 Å². The van der Waals surface area contributed by atoms with Gasteiger partial charge >= 0.3 is 0 Å². The Morgan fingerprint density at radius 1 is 0.871 bits per heavy atom. The van der Waals surface area contributed by atoms with Crippen molar-refractivity contribution in [3.8, 4) is 5.75 Å². The van der Waals surface area contributed by atoms with Gasteiger partial charge in [-0.3, -0.25) is 25.2 Å². The second-order valence-corrected chi connectivity index (χ2v) is 6.97. The van der Waals surface area contributed by atoms with Gasteiger partial charge in [-0.15, -0.1) is 0 Å². The highest BCUT2D eigenvalue weighted by molar-refractivity contribution is 6.31. The highest BCUT2D eigenvalue weighted by Crippen LogP contribution is 2.21. The van der Waals surface area contributed by atoms with Gasteiger partial charge in [-0.2, -0.15) is 0 Å². The SMILES string of the molecule is Cc1ccc(C(=O)NNC(=O)c2cc(Cl)ccc2O)cc1NC(=O)c1ccccc1F. The molecule has 3 rings (SSSR count). The van der Waals surface area contributed by atoms with Crippen molar-refractivity contribution in [1.82, 2.24) is 10.9 Å². The third-order valence-electron chi connectivity index (χ3n) is 4.36. The van der Waals surface area contributed by atoms with E-state index in [-0.39, 0.29) is 27.5 Å². The van der Waals surface area contributed by atoms with E-state index in [0.29, 0.717) is 11.3 Å². The summed E-state index contributed by atoms with van der Waals surface area (Å²) in [7, 11) is 0. The zero-order valence-electron chi connectivity index (χ0n) is 16.2. The molecule has 0 radical (unpaired) electrons. The number of aryl methyl sites for hydroxylation is 1. The zero-order valence-corrected chi connectivity index (χ0v) is 17.0. The predicted octanol–water partition coefficient (Wildman–Crippen LogP) is 3.82. The van der Waals surface area contributed by atoms with Gasteiger partial charge in [-0.25, -0.2) is 4.39 Å². The molecule has 3 aromatic carbocycles. The molecular weight excluding hydrogens is 425 g/mol. The van der Waals surface area contributed by atoms with Crippen molar-refractivity contribution in [2.24, 2.45) is 0 Å². The Labute approximate surface area is 181 Å². The summed E-state index contributed by atoms with van der Waals surface area (Å²) in [6.07, 6.45) is 0. The van der Waals surface area contributed by atoms with Crippen molar-refractivity contribution in [3.63, 3.8) is 0 Å². The molecule has 31 heavy (non-hydrogen) atoms. The quantitative estimate of drug-likeness (QED) is 0.461. The molecule has 0 aromatic heterocycles. The van der Waals surface area contributed by atoms with E-state index in [1.807, 2.05) is 0 Å². The number of benzene rings is 3. The van der Waals surface area contributed by atoms with Crippen LogP contribution in [0.25, 0.3) is 0 Å². The second-order valence-electron chi connectivity index (χ2n) is 6.53. The molecular formula is C22H17ClFN3O4. The molecule has 3 amide bonds. The van der Waals surface area contributed by atoms with Crippen LogP contribution in [-0.4, -0.2) is 22.8 Å². The third-order valence-corrected chi connectivity index (χ3v) is 4.59. The number of hydrogen-bond acceptors (Lipinski definition) is 4. The van der Waals surface area contributed by atoms with Crippen LogP contribution < -0.4 is 16.2 Å². The molecule has 0 unspecified atom stereocenters. The first-order chi connectivity index (χ1) is 14.8. The molecule has 9 heteroatoms. The number of rotatable bonds is 4. The minimum absolute atomic E-state index is 0.116. The molecule has 0 fully saturated rings. The zero-order chi connectivity index (χ0) is 22.5. The summed E-state index contributed by atoms with van der Waals surface area (Å²) in [5.41, 5.74) is 5.23. The van der Waals surface area contributed by atoms with Gasteiger partial charge in [-0.05, 0) is 55.0 Å². The lowest BCUT2D eigenvalue weighted by molar-refractivity contribution is 0.0845. The second kappa shape index (κ2) is 9.27. The summed E-state index contributed by atoms with van der Waals surface area (Å²) in [4.78, 5) is 36.9. The lowest BCUT2D eigenvalue weighted by atomic mass is 10.1. The molecule has 0 atom stereocenters. The van der Waals surface area contributed by atoms with Crippen LogP contribution in [0.1, 0.15) is 36.6 Å². The van der Waals surface area contributed by atoms with Crippen molar-refractivity contribution < 1.29 is 23.9 Å². The monoisotopic (exact) mass is 441 g/mol. The maximum absolute atomic E-state index is 13.8. The fourth-order valence-corrected chi connectivity index (χ4v) is 2.85. The molecule has 0 bridgehead atoms. The first-order valence-electron chi connectivity index (χ1n) is 9.02. The lowest BCUT2D eigenvalue weighted by Crippen LogP contribution is -2.41. The van der Waals surface area contributed by atoms with Crippen LogP contribution >= 0.6 is 11.6 Å². The van der Waals surface area contributed by atoms with E-state index in [0.717, 1.165) is 0 Å². The predicted molar refractivity (Wildman–Crippen MR) is 114 cm³/mol. The number of amides is 3. The standard InChI is InChI=1S/C22H17ClFN3O4/c1-12-6-7-13(10-18(12)25-21(30)15-4-2-3-5-17(15)24)20(29)26-27-22(31)16-11-14(23)8-9-19(16)28/h2-11,28H,1H3,(H,25,30)(H,26,29)(H,27,31). The molecule has 3 aromatic rings. The number of phenolic OH excluding ortho intramolecular Hbond substituents is 1. The van der Waals surface area contributed by atoms with Crippen LogP contribution in [0.4, 0.5) is 10.1 Å². The van der Waals surface area contributed by atoms with Crippen LogP contribution in [-0.2, 0) is 0 Å². The fraction of sp³-hybridized carbons (Fsp3) is 0.0455. The van der Waals surface area contributed by atoms with Gasteiger partial charge < -0.3 is 10.4 Å². The van der Waals surface area contributed by atoms with Gasteiger partial charge in [0.2, 0.25) is 0 Å². The molecule has 0 spiro atoms. The van der Waals surface area contributed by atoms with Gasteiger partial charge in [-0.1, -0.05) is 29.8 Å². The van der Waals surface area contributed by atoms with Gasteiger partial charge in [0.1, 0.15) is 11.6 Å². The summed E-state index contributed by atoms with van der Waals surface area (Å²) in [5.74, 6) is -3.07. The van der Waals surface area contributed by atoms with Gasteiger partial charge in [0, 0.05) is 16.3 Å². The Kier molecular flexibility index (Phi) is 6.52. The maximum Gasteiger partial charge on any atom is 0.273 e. The first-order valence-corrected chi connectivity index (χ1v) is 9.40. The van der Waals surface area contributed by atoms with Crippen LogP contribution in [0.3, 0.4) is 0 Å². The molecule has 7 nitrogen and oxygen atoms in total. The first kappa shape index (κ1) is 21.8. The number of hydrazine groups is 1. The fourth-order valence-electron chi connectivity index (χ4n) is 2.68. The third kappa shape index (κ3) is 5.18. The van der Waals surface area contributed by atoms with E-state index in [4.69, 9.17) is 11.6 Å². The van der Waals surface area contributed by atoms with E-state index in [9.17, 15) is 23.9 Å². The van der Waals surface area contributed by atoms with Gasteiger partial charge in [0.05, 0.1) is 11.1 Å². The molecule has 0 aliphatic rings. The molecule has 0 saturated heterocycles. The van der Waals surface area contributed by atoms with E-state index < -0.39 is 23.5 Å². The van der Waals surface area contributed by atoms with Crippen molar-refractivity contribution >= 4 is 35.0 Å².